The largest absolute Gasteiger partial charge is 0.468 e. The van der Waals surface area contributed by atoms with E-state index in [0.29, 0.717) is 5.76 Å². The van der Waals surface area contributed by atoms with E-state index in [-0.39, 0.29) is 5.69 Å². The van der Waals surface area contributed by atoms with Crippen molar-refractivity contribution < 1.29 is 27.9 Å². The molecule has 0 bridgehead atoms. The van der Waals surface area contributed by atoms with Crippen molar-refractivity contribution >= 4 is 23.5 Å². The standard InChI is InChI=1S/C19H17FN2O5/c1-19(18(25)26-2)14-13(15(21-19)12-8-5-9-27-12)16(23)22(17(14)24)11-7-4-3-6-10(11)20/h3-9,13-15,21H,1-2H3/t13-,14-,15-,19-/m1/s1. The number of ether oxygens (including phenoxy) is 1. The number of anilines is 1. The molecule has 1 aromatic heterocycles. The Morgan fingerprint density at radius 1 is 1.22 bits per heavy atom. The second kappa shape index (κ2) is 6.02. The number of fused-ring (bicyclic) bond motifs is 1. The van der Waals surface area contributed by atoms with Gasteiger partial charge in [-0.1, -0.05) is 12.1 Å². The van der Waals surface area contributed by atoms with E-state index in [1.807, 2.05) is 0 Å². The molecule has 4 rings (SSSR count). The zero-order valence-corrected chi connectivity index (χ0v) is 14.6. The van der Waals surface area contributed by atoms with Gasteiger partial charge in [0, 0.05) is 0 Å². The molecule has 1 aromatic carbocycles. The molecule has 0 saturated carbocycles. The van der Waals surface area contributed by atoms with E-state index in [4.69, 9.17) is 9.15 Å². The molecule has 4 atom stereocenters. The third-order valence-corrected chi connectivity index (χ3v) is 5.34. The minimum atomic E-state index is -1.45. The molecule has 8 heteroatoms. The molecule has 2 fully saturated rings. The average Bonchev–Trinajstić information content (AvgIpc) is 3.34. The number of halogens is 1. The van der Waals surface area contributed by atoms with Crippen molar-refractivity contribution in [2.24, 2.45) is 11.8 Å². The Labute approximate surface area is 154 Å². The van der Waals surface area contributed by atoms with Crippen molar-refractivity contribution in [3.05, 3.63) is 54.2 Å². The normalized spacial score (nSPS) is 29.9. The highest BCUT2D eigenvalue weighted by Crippen LogP contribution is 2.50. The summed E-state index contributed by atoms with van der Waals surface area (Å²) in [4.78, 5) is 39.6. The molecule has 27 heavy (non-hydrogen) atoms. The summed E-state index contributed by atoms with van der Waals surface area (Å²) in [6.45, 7) is 1.51. The van der Waals surface area contributed by atoms with Gasteiger partial charge in [-0.3, -0.25) is 19.7 Å². The first kappa shape index (κ1) is 17.4. The summed E-state index contributed by atoms with van der Waals surface area (Å²) < 4.78 is 24.6. The summed E-state index contributed by atoms with van der Waals surface area (Å²) in [6, 6.07) is 8.12. The second-order valence-electron chi connectivity index (χ2n) is 6.80. The molecule has 0 unspecified atom stereocenters. The smallest absolute Gasteiger partial charge is 0.326 e. The lowest BCUT2D eigenvalue weighted by molar-refractivity contribution is -0.151. The van der Waals surface area contributed by atoms with Gasteiger partial charge in [-0.05, 0) is 31.2 Å². The first-order valence-corrected chi connectivity index (χ1v) is 8.42. The van der Waals surface area contributed by atoms with E-state index >= 15 is 0 Å². The highest BCUT2D eigenvalue weighted by molar-refractivity contribution is 6.24. The predicted octanol–water partition coefficient (Wildman–Crippen LogP) is 1.80. The van der Waals surface area contributed by atoms with Crippen LogP contribution in [0.1, 0.15) is 18.7 Å². The quantitative estimate of drug-likeness (QED) is 0.653. The maximum Gasteiger partial charge on any atom is 0.326 e. The van der Waals surface area contributed by atoms with Crippen LogP contribution in [0.25, 0.3) is 0 Å². The first-order chi connectivity index (χ1) is 12.9. The van der Waals surface area contributed by atoms with Gasteiger partial charge in [0.15, 0.2) is 0 Å². The SMILES string of the molecule is COC(=O)[C@]1(C)N[C@H](c2ccco2)[C@@H]2C(=O)N(c3ccccc3F)C(=O)[C@@H]21. The van der Waals surface area contributed by atoms with E-state index in [9.17, 15) is 18.8 Å². The van der Waals surface area contributed by atoms with E-state index in [1.54, 1.807) is 12.1 Å². The van der Waals surface area contributed by atoms with Crippen molar-refractivity contribution in [2.75, 3.05) is 12.0 Å². The Bertz CT molecular complexity index is 928. The van der Waals surface area contributed by atoms with Crippen LogP contribution < -0.4 is 10.2 Å². The van der Waals surface area contributed by atoms with Crippen LogP contribution in [-0.4, -0.2) is 30.4 Å². The molecule has 1 N–H and O–H groups in total. The van der Waals surface area contributed by atoms with E-state index < -0.39 is 47.0 Å². The molecule has 0 radical (unpaired) electrons. The number of hydrogen-bond donors (Lipinski definition) is 1. The number of rotatable bonds is 3. The van der Waals surface area contributed by atoms with Gasteiger partial charge in [-0.2, -0.15) is 0 Å². The zero-order valence-electron chi connectivity index (χ0n) is 14.6. The van der Waals surface area contributed by atoms with Crippen molar-refractivity contribution in [3.63, 3.8) is 0 Å². The molecular formula is C19H17FN2O5. The van der Waals surface area contributed by atoms with Crippen LogP contribution in [0.5, 0.6) is 0 Å². The minimum absolute atomic E-state index is 0.132. The zero-order chi connectivity index (χ0) is 19.3. The van der Waals surface area contributed by atoms with E-state index in [2.05, 4.69) is 5.32 Å². The van der Waals surface area contributed by atoms with Crippen LogP contribution in [0.2, 0.25) is 0 Å². The summed E-state index contributed by atoms with van der Waals surface area (Å²) in [5.41, 5.74) is -1.59. The monoisotopic (exact) mass is 372 g/mol. The third kappa shape index (κ3) is 2.33. The van der Waals surface area contributed by atoms with E-state index in [0.717, 1.165) is 4.90 Å². The van der Waals surface area contributed by atoms with Crippen LogP contribution in [0.15, 0.2) is 47.1 Å². The van der Waals surface area contributed by atoms with Gasteiger partial charge in [0.05, 0.1) is 36.9 Å². The van der Waals surface area contributed by atoms with Gasteiger partial charge in [0.2, 0.25) is 11.8 Å². The highest BCUT2D eigenvalue weighted by atomic mass is 19.1. The van der Waals surface area contributed by atoms with Crippen molar-refractivity contribution in [1.82, 2.24) is 5.32 Å². The highest BCUT2D eigenvalue weighted by Gasteiger charge is 2.67. The predicted molar refractivity (Wildman–Crippen MR) is 90.9 cm³/mol. The summed E-state index contributed by atoms with van der Waals surface area (Å²) in [7, 11) is 1.21. The second-order valence-corrected chi connectivity index (χ2v) is 6.80. The van der Waals surface area contributed by atoms with Crippen molar-refractivity contribution in [3.8, 4) is 0 Å². The van der Waals surface area contributed by atoms with Crippen LogP contribution in [0, 0.1) is 17.7 Å². The molecule has 3 heterocycles. The van der Waals surface area contributed by atoms with Gasteiger partial charge < -0.3 is 9.15 Å². The average molecular weight is 372 g/mol. The van der Waals surface area contributed by atoms with Gasteiger partial charge in [0.25, 0.3) is 0 Å². The molecule has 0 spiro atoms. The van der Waals surface area contributed by atoms with E-state index in [1.165, 1.54) is 44.6 Å². The van der Waals surface area contributed by atoms with Crippen LogP contribution >= 0.6 is 0 Å². The Morgan fingerprint density at radius 2 is 1.96 bits per heavy atom. The lowest BCUT2D eigenvalue weighted by atomic mass is 9.81. The van der Waals surface area contributed by atoms with Crippen LogP contribution in [0.4, 0.5) is 10.1 Å². The molecule has 2 saturated heterocycles. The summed E-state index contributed by atoms with van der Waals surface area (Å²) >= 11 is 0. The van der Waals surface area contributed by atoms with Crippen molar-refractivity contribution in [1.29, 1.82) is 0 Å². The number of esters is 1. The molecule has 2 aliphatic rings. The van der Waals surface area contributed by atoms with Gasteiger partial charge in [-0.15, -0.1) is 0 Å². The number of imide groups is 1. The number of amides is 2. The maximum absolute atomic E-state index is 14.3. The van der Waals surface area contributed by atoms with Crippen LogP contribution in [-0.2, 0) is 19.1 Å². The van der Waals surface area contributed by atoms with Gasteiger partial charge in [-0.25, -0.2) is 9.29 Å². The van der Waals surface area contributed by atoms with Crippen LogP contribution in [0.3, 0.4) is 0 Å². The maximum atomic E-state index is 14.3. The molecule has 2 aromatic rings. The fraction of sp³-hybridized carbons (Fsp3) is 0.316. The Morgan fingerprint density at radius 3 is 2.59 bits per heavy atom. The first-order valence-electron chi connectivity index (χ1n) is 8.42. The number of carbonyl (C=O) groups is 3. The van der Waals surface area contributed by atoms with Gasteiger partial charge >= 0.3 is 5.97 Å². The number of para-hydroxylation sites is 1. The number of carbonyl (C=O) groups excluding carboxylic acids is 3. The Kier molecular flexibility index (Phi) is 3.88. The number of hydrogen-bond acceptors (Lipinski definition) is 6. The molecule has 140 valence electrons. The summed E-state index contributed by atoms with van der Waals surface area (Å²) in [5, 5.41) is 3.04. The molecule has 2 amide bonds. The molecule has 2 aliphatic heterocycles. The number of nitrogens with zero attached hydrogens (tertiary/aromatic N) is 1. The lowest BCUT2D eigenvalue weighted by Crippen LogP contribution is -2.54. The number of nitrogens with one attached hydrogen (secondary N) is 1. The fourth-order valence-electron chi connectivity index (χ4n) is 4.12. The fourth-order valence-corrected chi connectivity index (χ4v) is 4.12. The molecular weight excluding hydrogens is 355 g/mol. The minimum Gasteiger partial charge on any atom is -0.468 e. The molecule has 0 aliphatic carbocycles. The Hall–Kier alpha value is -3.00. The summed E-state index contributed by atoms with van der Waals surface area (Å²) in [5.74, 6) is -4.17. The lowest BCUT2D eigenvalue weighted by Gasteiger charge is -2.28. The topological polar surface area (TPSA) is 88.8 Å². The number of benzene rings is 1. The third-order valence-electron chi connectivity index (χ3n) is 5.34. The number of methoxy groups -OCH3 is 1. The van der Waals surface area contributed by atoms with Crippen molar-refractivity contribution in [2.45, 2.75) is 18.5 Å². The summed E-state index contributed by atoms with van der Waals surface area (Å²) in [6.07, 6.45) is 1.44. The number of furan rings is 1. The Balaban J connectivity index is 1.84. The molecule has 7 nitrogen and oxygen atoms in total. The van der Waals surface area contributed by atoms with Gasteiger partial charge in [0.1, 0.15) is 17.1 Å².